The first-order valence-corrected chi connectivity index (χ1v) is 7.23. The van der Waals surface area contributed by atoms with Crippen molar-refractivity contribution in [3.05, 3.63) is 11.9 Å². The highest BCUT2D eigenvalue weighted by Crippen LogP contribution is 2.30. The predicted octanol–water partition coefficient (Wildman–Crippen LogP) is 0.574. The van der Waals surface area contributed by atoms with E-state index in [1.165, 1.54) is 20.4 Å². The van der Waals surface area contributed by atoms with Crippen LogP contribution in [0.5, 0.6) is 11.8 Å². The molecule has 0 aromatic carbocycles. The van der Waals surface area contributed by atoms with Gasteiger partial charge in [-0.25, -0.2) is 4.98 Å². The summed E-state index contributed by atoms with van der Waals surface area (Å²) < 4.78 is 10.2. The van der Waals surface area contributed by atoms with Gasteiger partial charge in [-0.1, -0.05) is 0 Å². The molecule has 0 bridgehead atoms. The van der Waals surface area contributed by atoms with Crippen molar-refractivity contribution in [1.29, 1.82) is 0 Å². The van der Waals surface area contributed by atoms with Crippen molar-refractivity contribution in [2.45, 2.75) is 12.1 Å². The minimum absolute atomic E-state index is 0.0235. The van der Waals surface area contributed by atoms with Gasteiger partial charge in [0.05, 0.1) is 26.5 Å². The van der Waals surface area contributed by atoms with E-state index >= 15 is 0 Å². The molecule has 1 aromatic heterocycles. The summed E-state index contributed by atoms with van der Waals surface area (Å²) in [5.74, 6) is 2.65. The van der Waals surface area contributed by atoms with E-state index in [0.29, 0.717) is 17.5 Å². The molecule has 7 heteroatoms. The summed E-state index contributed by atoms with van der Waals surface area (Å²) in [5.41, 5.74) is 0.461. The second kappa shape index (κ2) is 6.40. The first-order chi connectivity index (χ1) is 9.17. The van der Waals surface area contributed by atoms with Crippen LogP contribution in [-0.2, 0) is 0 Å². The van der Waals surface area contributed by atoms with Gasteiger partial charge in [-0.15, -0.1) is 0 Å². The molecule has 1 aliphatic rings. The van der Waals surface area contributed by atoms with Crippen LogP contribution >= 0.6 is 11.8 Å². The third-order valence-corrected chi connectivity index (χ3v) is 4.28. The van der Waals surface area contributed by atoms with Crippen molar-refractivity contribution in [2.75, 3.05) is 39.3 Å². The molecule has 0 saturated carbocycles. The largest absolute Gasteiger partial charge is 0.480 e. The Morgan fingerprint density at radius 3 is 2.89 bits per heavy atom. The normalized spacial score (nSPS) is 22.0. The van der Waals surface area contributed by atoms with Crippen LogP contribution in [0.15, 0.2) is 6.20 Å². The second-order valence-corrected chi connectivity index (χ2v) is 5.52. The fraction of sp³-hybridized carbons (Fsp3) is 0.667. The number of methoxy groups -OCH3 is 2. The first-order valence-electron chi connectivity index (χ1n) is 6.08. The minimum atomic E-state index is -0.717. The molecule has 2 unspecified atom stereocenters. The average molecular weight is 285 g/mol. The van der Waals surface area contributed by atoms with Gasteiger partial charge in [0.15, 0.2) is 0 Å². The summed E-state index contributed by atoms with van der Waals surface area (Å²) in [6, 6.07) is 0.0235. The quantitative estimate of drug-likeness (QED) is 0.867. The number of aliphatic hydroxyl groups is 1. The number of nitrogens with zero attached hydrogens (tertiary/aromatic N) is 3. The zero-order valence-corrected chi connectivity index (χ0v) is 12.2. The Kier molecular flexibility index (Phi) is 4.84. The maximum Gasteiger partial charge on any atom is 0.241 e. The van der Waals surface area contributed by atoms with Gasteiger partial charge in [0.2, 0.25) is 11.8 Å². The Balaban J connectivity index is 2.24. The van der Waals surface area contributed by atoms with Crippen molar-refractivity contribution in [1.82, 2.24) is 14.9 Å². The average Bonchev–Trinajstić information content (AvgIpc) is 2.46. The lowest BCUT2D eigenvalue weighted by atomic mass is 10.1. The molecule has 1 N–H and O–H groups in total. The lowest BCUT2D eigenvalue weighted by Gasteiger charge is -2.35. The third kappa shape index (κ3) is 3.10. The van der Waals surface area contributed by atoms with Crippen LogP contribution in [-0.4, -0.2) is 65.3 Å². The fourth-order valence-corrected chi connectivity index (χ4v) is 3.30. The van der Waals surface area contributed by atoms with Gasteiger partial charge in [0, 0.05) is 18.1 Å². The molecular weight excluding hydrogens is 266 g/mol. The van der Waals surface area contributed by atoms with E-state index in [9.17, 15) is 5.11 Å². The Bertz CT molecular complexity index is 433. The zero-order valence-electron chi connectivity index (χ0n) is 11.4. The first kappa shape index (κ1) is 14.4. The van der Waals surface area contributed by atoms with E-state index in [4.69, 9.17) is 9.47 Å². The summed E-state index contributed by atoms with van der Waals surface area (Å²) in [7, 11) is 5.04. The highest BCUT2D eigenvalue weighted by molar-refractivity contribution is 7.99. The van der Waals surface area contributed by atoms with E-state index in [1.807, 2.05) is 18.8 Å². The molecule has 1 aromatic rings. The molecule has 0 radical (unpaired) electrons. The number of aliphatic hydroxyl groups excluding tert-OH is 1. The SMILES string of the molecule is COc1cnc(C(O)C2CSCCN2C)c(OC)n1. The molecule has 2 atom stereocenters. The monoisotopic (exact) mass is 285 g/mol. The number of aromatic nitrogens is 2. The van der Waals surface area contributed by atoms with E-state index in [0.717, 1.165) is 18.1 Å². The molecule has 6 nitrogen and oxygen atoms in total. The van der Waals surface area contributed by atoms with Gasteiger partial charge in [0.25, 0.3) is 0 Å². The number of rotatable bonds is 4. The molecule has 106 valence electrons. The maximum absolute atomic E-state index is 10.5. The van der Waals surface area contributed by atoms with Gasteiger partial charge >= 0.3 is 0 Å². The number of hydrogen-bond acceptors (Lipinski definition) is 7. The van der Waals surface area contributed by atoms with Crippen LogP contribution in [0.1, 0.15) is 11.8 Å². The molecule has 1 saturated heterocycles. The summed E-state index contributed by atoms with van der Waals surface area (Å²) in [4.78, 5) is 10.5. The Labute approximate surface area is 117 Å². The van der Waals surface area contributed by atoms with Crippen LogP contribution in [0, 0.1) is 0 Å². The highest BCUT2D eigenvalue weighted by Gasteiger charge is 2.31. The van der Waals surface area contributed by atoms with E-state index in [-0.39, 0.29) is 6.04 Å². The lowest BCUT2D eigenvalue weighted by molar-refractivity contribution is 0.0697. The van der Waals surface area contributed by atoms with Crippen LogP contribution < -0.4 is 9.47 Å². The topological polar surface area (TPSA) is 67.7 Å². The molecule has 2 rings (SSSR count). The lowest BCUT2D eigenvalue weighted by Crippen LogP contribution is -2.43. The standard InChI is InChI=1S/C12H19N3O3S/c1-15-4-5-19-7-8(15)11(16)10-12(18-3)14-9(17-2)6-13-10/h6,8,11,16H,4-5,7H2,1-3H3. The van der Waals surface area contributed by atoms with E-state index in [2.05, 4.69) is 14.9 Å². The summed E-state index contributed by atoms with van der Waals surface area (Å²) in [5, 5.41) is 10.5. The zero-order chi connectivity index (χ0) is 13.8. The van der Waals surface area contributed by atoms with Crippen LogP contribution in [0.2, 0.25) is 0 Å². The van der Waals surface area contributed by atoms with Gasteiger partial charge in [-0.2, -0.15) is 16.7 Å². The Morgan fingerprint density at radius 1 is 1.47 bits per heavy atom. The van der Waals surface area contributed by atoms with Crippen molar-refractivity contribution in [3.8, 4) is 11.8 Å². The maximum atomic E-state index is 10.5. The van der Waals surface area contributed by atoms with Crippen molar-refractivity contribution >= 4 is 11.8 Å². The van der Waals surface area contributed by atoms with Gasteiger partial charge < -0.3 is 14.6 Å². The van der Waals surface area contributed by atoms with E-state index < -0.39 is 6.10 Å². The van der Waals surface area contributed by atoms with E-state index in [1.54, 1.807) is 0 Å². The third-order valence-electron chi connectivity index (χ3n) is 3.24. The smallest absolute Gasteiger partial charge is 0.241 e. The van der Waals surface area contributed by atoms with Crippen LogP contribution in [0.3, 0.4) is 0 Å². The molecule has 2 heterocycles. The fourth-order valence-electron chi connectivity index (χ4n) is 2.04. The summed E-state index contributed by atoms with van der Waals surface area (Å²) in [6.45, 7) is 0.957. The summed E-state index contributed by atoms with van der Waals surface area (Å²) in [6.07, 6.45) is 0.781. The van der Waals surface area contributed by atoms with Gasteiger partial charge in [-0.05, 0) is 7.05 Å². The highest BCUT2D eigenvalue weighted by atomic mass is 32.2. The molecule has 1 aliphatic heterocycles. The summed E-state index contributed by atoms with van der Waals surface area (Å²) >= 11 is 1.84. The molecule has 0 amide bonds. The number of likely N-dealkylation sites (N-methyl/N-ethyl adjacent to an activating group) is 1. The molecule has 19 heavy (non-hydrogen) atoms. The van der Waals surface area contributed by atoms with Crippen molar-refractivity contribution in [3.63, 3.8) is 0 Å². The van der Waals surface area contributed by atoms with Crippen molar-refractivity contribution in [2.24, 2.45) is 0 Å². The van der Waals surface area contributed by atoms with Crippen LogP contribution in [0.25, 0.3) is 0 Å². The number of hydrogen-bond donors (Lipinski definition) is 1. The number of ether oxygens (including phenoxy) is 2. The minimum Gasteiger partial charge on any atom is -0.480 e. The molecule has 0 aliphatic carbocycles. The predicted molar refractivity (Wildman–Crippen MR) is 73.8 cm³/mol. The molecule has 1 fully saturated rings. The second-order valence-electron chi connectivity index (χ2n) is 4.37. The van der Waals surface area contributed by atoms with Gasteiger partial charge in [-0.3, -0.25) is 4.90 Å². The molecule has 0 spiro atoms. The molecular formula is C12H19N3O3S. The Hall–Kier alpha value is -1.05. The van der Waals surface area contributed by atoms with Crippen molar-refractivity contribution < 1.29 is 14.6 Å². The number of thioether (sulfide) groups is 1. The van der Waals surface area contributed by atoms with Crippen LogP contribution in [0.4, 0.5) is 0 Å². The Morgan fingerprint density at radius 2 is 2.26 bits per heavy atom. The van der Waals surface area contributed by atoms with Gasteiger partial charge in [0.1, 0.15) is 11.8 Å².